The smallest absolute Gasteiger partial charge is 0.549 e. The Bertz CT molecular complexity index is 396. The molecule has 15 heteroatoms. The standard InChI is InChI=1S/C10H16N2O8.C3H8O3.2Na/c13-7(14)3-11(4-8(15)16)1-2-12(5-9(17)18)6-10(19)20;4-1-3(6)2-5;;/h1-6H2,(H,13,14)(H,15,16)(H,17,18)(H,19,20);3-6H,1-2H2;;/q;;2*+1/p-2. The minimum atomic E-state index is -1.49. The predicted molar refractivity (Wildman–Crippen MR) is 78.3 cm³/mol. The van der Waals surface area contributed by atoms with E-state index in [0.717, 1.165) is 9.80 Å². The molecule has 0 saturated heterocycles. The number of carbonyl (C=O) groups is 4. The van der Waals surface area contributed by atoms with Crippen molar-refractivity contribution in [3.05, 3.63) is 0 Å². The third-order valence-electron chi connectivity index (χ3n) is 2.58. The van der Waals surface area contributed by atoms with Crippen LogP contribution in [-0.4, -0.2) is 118 Å². The van der Waals surface area contributed by atoms with E-state index in [-0.39, 0.29) is 85.4 Å². The molecule has 0 aromatic heterocycles. The van der Waals surface area contributed by atoms with E-state index in [1.165, 1.54) is 0 Å². The Balaban J connectivity index is -0.000000312. The Labute approximate surface area is 205 Å². The Kier molecular flexibility index (Phi) is 26.8. The topological polar surface area (TPSA) is 222 Å². The molecule has 0 unspecified atom stereocenters. The average Bonchev–Trinajstić information content (AvgIpc) is 2.50. The van der Waals surface area contributed by atoms with E-state index in [2.05, 4.69) is 0 Å². The molecule has 0 spiro atoms. The first-order chi connectivity index (χ1) is 12.0. The SMILES string of the molecule is O=C([O-])CN(CCN(CC(=O)[O-])CC(=O)O)CC(=O)O.OCC(O)CO.[Na+].[Na+]. The van der Waals surface area contributed by atoms with Gasteiger partial charge in [-0.25, -0.2) is 0 Å². The van der Waals surface area contributed by atoms with Crippen LogP contribution in [0.25, 0.3) is 0 Å². The molecule has 13 nitrogen and oxygen atoms in total. The maximum atomic E-state index is 10.5. The Morgan fingerprint density at radius 1 is 0.714 bits per heavy atom. The number of nitrogens with zero attached hydrogens (tertiary/aromatic N) is 2. The van der Waals surface area contributed by atoms with E-state index in [0.29, 0.717) is 0 Å². The average molecular weight is 428 g/mol. The fraction of sp³-hybridized carbons (Fsp3) is 0.692. The van der Waals surface area contributed by atoms with Crippen molar-refractivity contribution in [2.24, 2.45) is 0 Å². The Morgan fingerprint density at radius 3 is 1.14 bits per heavy atom. The second-order valence-corrected chi connectivity index (χ2v) is 4.97. The minimum absolute atomic E-state index is 0. The molecule has 0 aliphatic carbocycles. The van der Waals surface area contributed by atoms with Crippen LogP contribution in [0.15, 0.2) is 0 Å². The van der Waals surface area contributed by atoms with Crippen molar-refractivity contribution in [2.75, 3.05) is 52.5 Å². The molecule has 28 heavy (non-hydrogen) atoms. The van der Waals surface area contributed by atoms with Crippen molar-refractivity contribution >= 4 is 23.9 Å². The fourth-order valence-corrected chi connectivity index (χ4v) is 1.52. The van der Waals surface area contributed by atoms with Gasteiger partial charge in [-0.05, 0) is 0 Å². The Hall–Kier alpha value is -0.320. The number of hydrogen-bond donors (Lipinski definition) is 5. The van der Waals surface area contributed by atoms with Gasteiger partial charge in [-0.3, -0.25) is 19.4 Å². The van der Waals surface area contributed by atoms with Gasteiger partial charge in [-0.1, -0.05) is 0 Å². The van der Waals surface area contributed by atoms with Crippen LogP contribution in [0.5, 0.6) is 0 Å². The summed E-state index contributed by atoms with van der Waals surface area (Å²) in [5.41, 5.74) is 0. The fourth-order valence-electron chi connectivity index (χ4n) is 1.52. The molecule has 0 amide bonds. The molecule has 0 aliphatic rings. The third kappa shape index (κ3) is 25.7. The molecular formula is C13H22N2Na2O11. The van der Waals surface area contributed by atoms with Crippen molar-refractivity contribution in [3.8, 4) is 0 Å². The molecule has 0 heterocycles. The van der Waals surface area contributed by atoms with Crippen molar-refractivity contribution < 1.29 is 114 Å². The van der Waals surface area contributed by atoms with E-state index in [1.807, 2.05) is 0 Å². The molecule has 0 saturated carbocycles. The minimum Gasteiger partial charge on any atom is -0.549 e. The summed E-state index contributed by atoms with van der Waals surface area (Å²) in [6, 6.07) is 0. The number of aliphatic hydroxyl groups excluding tert-OH is 3. The summed E-state index contributed by atoms with van der Waals surface area (Å²) in [6.45, 7) is -3.48. The zero-order chi connectivity index (χ0) is 20.7. The van der Waals surface area contributed by atoms with E-state index in [1.54, 1.807) is 0 Å². The van der Waals surface area contributed by atoms with E-state index >= 15 is 0 Å². The quantitative estimate of drug-likeness (QED) is 0.172. The molecule has 0 rings (SSSR count). The summed E-state index contributed by atoms with van der Waals surface area (Å²) in [5, 5.41) is 62.1. The van der Waals surface area contributed by atoms with Crippen LogP contribution in [-0.2, 0) is 19.2 Å². The second-order valence-electron chi connectivity index (χ2n) is 4.97. The molecule has 0 fully saturated rings. The van der Waals surface area contributed by atoms with Gasteiger partial charge in [0.05, 0.1) is 38.2 Å². The van der Waals surface area contributed by atoms with Crippen molar-refractivity contribution in [1.82, 2.24) is 9.80 Å². The van der Waals surface area contributed by atoms with Crippen LogP contribution in [0.2, 0.25) is 0 Å². The summed E-state index contributed by atoms with van der Waals surface area (Å²) in [5.74, 6) is -5.52. The van der Waals surface area contributed by atoms with Crippen LogP contribution in [0.4, 0.5) is 0 Å². The van der Waals surface area contributed by atoms with Gasteiger partial charge in [-0.2, -0.15) is 0 Å². The van der Waals surface area contributed by atoms with Gasteiger partial charge in [0, 0.05) is 26.2 Å². The first kappa shape index (κ1) is 35.1. The summed E-state index contributed by atoms with van der Waals surface area (Å²) < 4.78 is 0. The Morgan fingerprint density at radius 2 is 1.00 bits per heavy atom. The van der Waals surface area contributed by atoms with E-state index < -0.39 is 56.2 Å². The predicted octanol–water partition coefficient (Wildman–Crippen LogP) is -12.4. The summed E-state index contributed by atoms with van der Waals surface area (Å²) in [4.78, 5) is 43.9. The molecule has 152 valence electrons. The van der Waals surface area contributed by atoms with Crippen molar-refractivity contribution in [3.63, 3.8) is 0 Å². The largest absolute Gasteiger partial charge is 1.00 e. The van der Waals surface area contributed by atoms with E-state index in [9.17, 15) is 29.4 Å². The molecule has 0 aromatic carbocycles. The number of carboxylic acids is 4. The molecule has 5 N–H and O–H groups in total. The first-order valence-corrected chi connectivity index (χ1v) is 7.19. The van der Waals surface area contributed by atoms with Crippen molar-refractivity contribution in [1.29, 1.82) is 0 Å². The van der Waals surface area contributed by atoms with Gasteiger partial charge in [0.2, 0.25) is 0 Å². The second kappa shape index (κ2) is 21.4. The normalized spacial score (nSPS) is 9.79. The van der Waals surface area contributed by atoms with Gasteiger partial charge in [0.15, 0.2) is 0 Å². The number of aliphatic carboxylic acids is 4. The van der Waals surface area contributed by atoms with E-state index in [4.69, 9.17) is 25.5 Å². The third-order valence-corrected chi connectivity index (χ3v) is 2.58. The maximum Gasteiger partial charge on any atom is 1.00 e. The molecule has 0 atom stereocenters. The molecule has 0 radical (unpaired) electrons. The summed E-state index contributed by atoms with van der Waals surface area (Å²) in [6.07, 6.45) is -0.954. The maximum absolute atomic E-state index is 10.5. The van der Waals surface area contributed by atoms with Crippen LogP contribution in [0.1, 0.15) is 0 Å². The van der Waals surface area contributed by atoms with Crippen LogP contribution >= 0.6 is 0 Å². The van der Waals surface area contributed by atoms with Gasteiger partial charge in [0.1, 0.15) is 6.10 Å². The van der Waals surface area contributed by atoms with Crippen molar-refractivity contribution in [2.45, 2.75) is 6.10 Å². The molecule has 0 bridgehead atoms. The molecular weight excluding hydrogens is 406 g/mol. The number of rotatable bonds is 13. The van der Waals surface area contributed by atoms with Crippen LogP contribution in [0.3, 0.4) is 0 Å². The first-order valence-electron chi connectivity index (χ1n) is 7.19. The van der Waals surface area contributed by atoms with Crippen LogP contribution < -0.4 is 69.3 Å². The summed E-state index contributed by atoms with van der Waals surface area (Å²) in [7, 11) is 0. The number of carbonyl (C=O) groups excluding carboxylic acids is 2. The monoisotopic (exact) mass is 428 g/mol. The molecule has 0 aliphatic heterocycles. The summed E-state index contributed by atoms with van der Waals surface area (Å²) >= 11 is 0. The van der Waals surface area contributed by atoms with Gasteiger partial charge < -0.3 is 45.3 Å². The van der Waals surface area contributed by atoms with Gasteiger partial charge in [0.25, 0.3) is 0 Å². The molecule has 0 aromatic rings. The van der Waals surface area contributed by atoms with Gasteiger partial charge in [-0.15, -0.1) is 0 Å². The number of carboxylic acid groups (broad SMARTS) is 4. The number of aliphatic hydroxyl groups is 3. The van der Waals surface area contributed by atoms with Gasteiger partial charge >= 0.3 is 71.1 Å². The number of hydrogen-bond acceptors (Lipinski definition) is 11. The zero-order valence-corrected chi connectivity index (χ0v) is 19.8. The zero-order valence-electron chi connectivity index (χ0n) is 15.8. The van der Waals surface area contributed by atoms with Crippen LogP contribution in [0, 0.1) is 0 Å².